The lowest BCUT2D eigenvalue weighted by Gasteiger charge is -2.46. The van der Waals surface area contributed by atoms with Crippen LogP contribution < -0.4 is 10.6 Å². The molecule has 3 saturated heterocycles. The summed E-state index contributed by atoms with van der Waals surface area (Å²) >= 11 is 0. The first-order chi connectivity index (χ1) is 11.7. The van der Waals surface area contributed by atoms with Gasteiger partial charge >= 0.3 is 6.03 Å². The molecule has 1 aromatic carbocycles. The molecule has 0 spiro atoms. The predicted molar refractivity (Wildman–Crippen MR) is 93.0 cm³/mol. The summed E-state index contributed by atoms with van der Waals surface area (Å²) < 4.78 is 6.20. The highest BCUT2D eigenvalue weighted by atomic mass is 16.5. The number of nitrogens with zero attached hydrogens (tertiary/aromatic N) is 1. The molecule has 4 heterocycles. The van der Waals surface area contributed by atoms with E-state index in [9.17, 15) is 4.79 Å². The van der Waals surface area contributed by atoms with Crippen molar-refractivity contribution in [2.45, 2.75) is 50.3 Å². The van der Waals surface area contributed by atoms with Gasteiger partial charge in [0, 0.05) is 25.2 Å². The van der Waals surface area contributed by atoms with Crippen LogP contribution >= 0.6 is 0 Å². The summed E-state index contributed by atoms with van der Waals surface area (Å²) in [5.41, 5.74) is 2.19. The van der Waals surface area contributed by atoms with Gasteiger partial charge in [0.25, 0.3) is 0 Å². The summed E-state index contributed by atoms with van der Waals surface area (Å²) in [6, 6.07) is 9.34. The minimum atomic E-state index is -0.391. The monoisotopic (exact) mass is 329 g/mol. The third kappa shape index (κ3) is 2.70. The number of piperidine rings is 2. The molecule has 3 fully saturated rings. The SMILES string of the molecule is CCC1(CNC(=O)N2CC3CCC2CN3)OCCc2ccccc21. The van der Waals surface area contributed by atoms with Crippen LogP contribution in [0.1, 0.15) is 37.3 Å². The number of amides is 2. The number of hydrogen-bond donors (Lipinski definition) is 2. The largest absolute Gasteiger partial charge is 0.368 e. The number of piperazine rings is 1. The molecule has 24 heavy (non-hydrogen) atoms. The van der Waals surface area contributed by atoms with Crippen molar-refractivity contribution in [3.8, 4) is 0 Å². The zero-order valence-corrected chi connectivity index (χ0v) is 14.4. The van der Waals surface area contributed by atoms with Gasteiger partial charge in [0.2, 0.25) is 0 Å². The Morgan fingerprint density at radius 2 is 2.29 bits per heavy atom. The van der Waals surface area contributed by atoms with Gasteiger partial charge in [-0.05, 0) is 36.8 Å². The average Bonchev–Trinajstić information content (AvgIpc) is 2.67. The molecule has 1 aromatic rings. The van der Waals surface area contributed by atoms with Gasteiger partial charge in [-0.25, -0.2) is 4.79 Å². The van der Waals surface area contributed by atoms with Crippen LogP contribution in [-0.2, 0) is 16.8 Å². The normalized spacial score (nSPS) is 31.6. The first-order valence-electron chi connectivity index (χ1n) is 9.22. The first-order valence-corrected chi connectivity index (χ1v) is 9.22. The van der Waals surface area contributed by atoms with E-state index in [2.05, 4.69) is 41.8 Å². The van der Waals surface area contributed by atoms with Crippen LogP contribution in [0.2, 0.25) is 0 Å². The zero-order valence-electron chi connectivity index (χ0n) is 14.4. The lowest BCUT2D eigenvalue weighted by Crippen LogP contribution is -2.64. The number of ether oxygens (including phenoxy) is 1. The van der Waals surface area contributed by atoms with Crippen molar-refractivity contribution in [2.75, 3.05) is 26.2 Å². The van der Waals surface area contributed by atoms with Gasteiger partial charge in [-0.15, -0.1) is 0 Å². The number of nitrogens with one attached hydrogen (secondary N) is 2. The molecule has 2 amide bonds. The lowest BCUT2D eigenvalue weighted by molar-refractivity contribution is -0.0610. The van der Waals surface area contributed by atoms with Gasteiger partial charge in [-0.3, -0.25) is 0 Å². The molecule has 0 aromatic heterocycles. The smallest absolute Gasteiger partial charge is 0.317 e. The van der Waals surface area contributed by atoms with Crippen LogP contribution in [0.25, 0.3) is 0 Å². The Labute approximate surface area is 143 Å². The quantitative estimate of drug-likeness (QED) is 0.892. The molecule has 0 saturated carbocycles. The zero-order chi connectivity index (χ0) is 16.6. The summed E-state index contributed by atoms with van der Waals surface area (Å²) in [7, 11) is 0. The second-order valence-corrected chi connectivity index (χ2v) is 7.25. The first kappa shape index (κ1) is 15.9. The van der Waals surface area contributed by atoms with Crippen molar-refractivity contribution in [3.63, 3.8) is 0 Å². The number of urea groups is 1. The van der Waals surface area contributed by atoms with Crippen LogP contribution in [0.15, 0.2) is 24.3 Å². The van der Waals surface area contributed by atoms with Gasteiger partial charge < -0.3 is 20.3 Å². The molecule has 3 atom stereocenters. The molecule has 0 aliphatic carbocycles. The van der Waals surface area contributed by atoms with E-state index in [1.807, 2.05) is 4.90 Å². The second kappa shape index (κ2) is 6.37. The molecule has 5 rings (SSSR count). The highest BCUT2D eigenvalue weighted by Crippen LogP contribution is 2.35. The summed E-state index contributed by atoms with van der Waals surface area (Å²) in [6.07, 6.45) is 4.11. The topological polar surface area (TPSA) is 53.6 Å². The van der Waals surface area contributed by atoms with Gasteiger partial charge in [0.15, 0.2) is 0 Å². The maximum atomic E-state index is 12.7. The van der Waals surface area contributed by atoms with Crippen molar-refractivity contribution >= 4 is 6.03 Å². The fourth-order valence-corrected chi connectivity index (χ4v) is 4.46. The average molecular weight is 329 g/mol. The van der Waals surface area contributed by atoms with E-state index < -0.39 is 5.60 Å². The number of benzene rings is 1. The number of carbonyl (C=O) groups is 1. The standard InChI is InChI=1S/C19H27N3O2/c1-2-19(17-6-4-3-5-14(17)9-10-24-19)13-21-18(23)22-12-15-7-8-16(22)11-20-15/h3-6,15-16,20H,2,7-13H2,1H3,(H,21,23). The molecule has 4 aliphatic heterocycles. The van der Waals surface area contributed by atoms with Crippen molar-refractivity contribution < 1.29 is 9.53 Å². The van der Waals surface area contributed by atoms with Gasteiger partial charge in [0.1, 0.15) is 5.60 Å². The van der Waals surface area contributed by atoms with Gasteiger partial charge in [0.05, 0.1) is 13.2 Å². The molecule has 5 nitrogen and oxygen atoms in total. The van der Waals surface area contributed by atoms with E-state index in [0.29, 0.717) is 18.6 Å². The van der Waals surface area contributed by atoms with Crippen molar-refractivity contribution in [1.29, 1.82) is 0 Å². The second-order valence-electron chi connectivity index (χ2n) is 7.25. The Hall–Kier alpha value is -1.59. The van der Waals surface area contributed by atoms with Gasteiger partial charge in [-0.1, -0.05) is 31.2 Å². The minimum absolute atomic E-state index is 0.0608. The predicted octanol–water partition coefficient (Wildman–Crippen LogP) is 2.01. The Morgan fingerprint density at radius 3 is 3.00 bits per heavy atom. The molecule has 2 N–H and O–H groups in total. The molecule has 4 aliphatic rings. The Balaban J connectivity index is 1.47. The highest BCUT2D eigenvalue weighted by molar-refractivity contribution is 5.75. The van der Waals surface area contributed by atoms with E-state index >= 15 is 0 Å². The fraction of sp³-hybridized carbons (Fsp3) is 0.632. The Kier molecular flexibility index (Phi) is 4.22. The Bertz CT molecular complexity index is 612. The maximum absolute atomic E-state index is 12.7. The summed E-state index contributed by atoms with van der Waals surface area (Å²) in [5, 5.41) is 6.67. The molecule has 5 heteroatoms. The summed E-state index contributed by atoms with van der Waals surface area (Å²) in [6.45, 7) is 5.16. The summed E-state index contributed by atoms with van der Waals surface area (Å²) in [4.78, 5) is 14.7. The van der Waals surface area contributed by atoms with Crippen LogP contribution in [0.5, 0.6) is 0 Å². The fourth-order valence-electron chi connectivity index (χ4n) is 4.46. The van der Waals surface area contributed by atoms with Crippen molar-refractivity contribution in [2.24, 2.45) is 0 Å². The van der Waals surface area contributed by atoms with Crippen molar-refractivity contribution in [3.05, 3.63) is 35.4 Å². The number of fused-ring (bicyclic) bond motifs is 4. The van der Waals surface area contributed by atoms with Crippen LogP contribution in [0, 0.1) is 0 Å². The third-order valence-electron chi connectivity index (χ3n) is 5.96. The molecule has 130 valence electrons. The van der Waals surface area contributed by atoms with Crippen LogP contribution in [0.4, 0.5) is 4.79 Å². The number of carbonyl (C=O) groups excluding carboxylic acids is 1. The molecule has 2 bridgehead atoms. The minimum Gasteiger partial charge on any atom is -0.368 e. The van der Waals surface area contributed by atoms with Crippen molar-refractivity contribution in [1.82, 2.24) is 15.5 Å². The molecular formula is C19H27N3O2. The van der Waals surface area contributed by atoms with Gasteiger partial charge in [-0.2, -0.15) is 0 Å². The highest BCUT2D eigenvalue weighted by Gasteiger charge is 2.39. The third-order valence-corrected chi connectivity index (χ3v) is 5.96. The number of hydrogen-bond acceptors (Lipinski definition) is 3. The lowest BCUT2D eigenvalue weighted by atomic mass is 9.84. The maximum Gasteiger partial charge on any atom is 0.317 e. The summed E-state index contributed by atoms with van der Waals surface area (Å²) in [5.74, 6) is 0. The Morgan fingerprint density at radius 1 is 1.42 bits per heavy atom. The van der Waals surface area contributed by atoms with E-state index in [0.717, 1.165) is 39.0 Å². The molecular weight excluding hydrogens is 302 g/mol. The van der Waals surface area contributed by atoms with E-state index in [4.69, 9.17) is 4.74 Å². The van der Waals surface area contributed by atoms with E-state index in [1.165, 1.54) is 17.5 Å². The van der Waals surface area contributed by atoms with E-state index in [1.54, 1.807) is 0 Å². The number of rotatable bonds is 3. The van der Waals surface area contributed by atoms with Crippen LogP contribution in [0.3, 0.4) is 0 Å². The van der Waals surface area contributed by atoms with E-state index in [-0.39, 0.29) is 6.03 Å². The molecule has 0 radical (unpaired) electrons. The molecule has 3 unspecified atom stereocenters. The van der Waals surface area contributed by atoms with Crippen LogP contribution in [-0.4, -0.2) is 49.3 Å².